The van der Waals surface area contributed by atoms with E-state index in [2.05, 4.69) is 45.2 Å². The fourth-order valence-electron chi connectivity index (χ4n) is 3.14. The average molecular weight is 383 g/mol. The van der Waals surface area contributed by atoms with Crippen molar-refractivity contribution in [3.63, 3.8) is 0 Å². The summed E-state index contributed by atoms with van der Waals surface area (Å²) < 4.78 is 0. The fraction of sp³-hybridized carbons (Fsp3) is 0.533. The van der Waals surface area contributed by atoms with Gasteiger partial charge in [0, 0.05) is 19.3 Å². The van der Waals surface area contributed by atoms with E-state index in [0.717, 1.165) is 35.7 Å². The Morgan fingerprint density at radius 1 is 1.27 bits per heavy atom. The summed E-state index contributed by atoms with van der Waals surface area (Å²) in [7, 11) is 4.26. The van der Waals surface area contributed by atoms with Crippen molar-refractivity contribution in [1.29, 1.82) is 0 Å². The molecule has 0 spiro atoms. The van der Waals surface area contributed by atoms with E-state index in [1.165, 1.54) is 25.7 Å². The zero-order valence-electron chi connectivity index (χ0n) is 12.2. The van der Waals surface area contributed by atoms with E-state index in [4.69, 9.17) is 12.2 Å². The van der Waals surface area contributed by atoms with Crippen LogP contribution in [0.4, 0.5) is 0 Å². The molecule has 2 bridgehead atoms. The summed E-state index contributed by atoms with van der Waals surface area (Å²) in [5, 5.41) is 4.94. The van der Waals surface area contributed by atoms with Crippen molar-refractivity contribution in [1.82, 2.24) is 15.3 Å². The second-order valence-corrected chi connectivity index (χ2v) is 6.11. The molecule has 0 unspecified atom stereocenters. The third-order valence-corrected chi connectivity index (χ3v) is 4.60. The Morgan fingerprint density at radius 3 is 2.45 bits per heavy atom. The summed E-state index contributed by atoms with van der Waals surface area (Å²) in [6.07, 6.45) is 8.91. The fourth-order valence-corrected chi connectivity index (χ4v) is 3.34. The first-order valence-electron chi connectivity index (χ1n) is 7.42. The summed E-state index contributed by atoms with van der Waals surface area (Å²) in [4.78, 5) is 6.48. The van der Waals surface area contributed by atoms with Crippen molar-refractivity contribution in [3.8, 4) is 0 Å². The van der Waals surface area contributed by atoms with Crippen LogP contribution in [0.25, 0.3) is 0 Å². The molecule has 4 nitrogen and oxygen atoms in total. The molecule has 3 fully saturated rings. The second-order valence-electron chi connectivity index (χ2n) is 5.72. The monoisotopic (exact) mass is 381 g/mol. The number of fused-ring (bicyclic) bond motifs is 4. The molecule has 1 aromatic rings. The van der Waals surface area contributed by atoms with Crippen LogP contribution in [-0.2, 0) is 14.6 Å². The molecule has 123 valence electrons. The number of halogens is 1. The van der Waals surface area contributed by atoms with E-state index in [-0.39, 0.29) is 0 Å². The van der Waals surface area contributed by atoms with Gasteiger partial charge in [-0.1, -0.05) is 6.07 Å². The molecule has 0 radical (unpaired) electrons. The van der Waals surface area contributed by atoms with Gasteiger partial charge >= 0.3 is 24.8 Å². The number of hydrazone groups is 1. The molecule has 0 atom stereocenters. The number of pyridine rings is 1. The van der Waals surface area contributed by atoms with Gasteiger partial charge in [-0.05, 0) is 61.9 Å². The van der Waals surface area contributed by atoms with Gasteiger partial charge in [0.2, 0.25) is 0 Å². The molecule has 4 rings (SSSR count). The number of nitrogens with zero attached hydrogens (tertiary/aromatic N) is 3. The molecule has 1 aromatic heterocycles. The summed E-state index contributed by atoms with van der Waals surface area (Å²) in [5.74, 6) is 1.63. The second kappa shape index (κ2) is 9.44. The van der Waals surface area contributed by atoms with E-state index in [9.17, 15) is 0 Å². The molecule has 22 heavy (non-hydrogen) atoms. The normalized spacial score (nSPS) is 23.7. The van der Waals surface area contributed by atoms with Crippen molar-refractivity contribution in [3.05, 3.63) is 30.1 Å². The van der Waals surface area contributed by atoms with Crippen LogP contribution in [0, 0.1) is 11.8 Å². The van der Waals surface area contributed by atoms with Gasteiger partial charge in [0.1, 0.15) is 0 Å². The minimum atomic E-state index is 0.746. The Hall–Kier alpha value is -0.706. The number of hydrogen-bond acceptors (Lipinski definition) is 3. The molecule has 1 aliphatic carbocycles. The Morgan fingerprint density at radius 2 is 1.91 bits per heavy atom. The van der Waals surface area contributed by atoms with Gasteiger partial charge in [0.25, 0.3) is 0 Å². The molecule has 7 heteroatoms. The van der Waals surface area contributed by atoms with Gasteiger partial charge in [0.15, 0.2) is 5.11 Å². The van der Waals surface area contributed by atoms with Gasteiger partial charge in [0.05, 0.1) is 11.9 Å². The third kappa shape index (κ3) is 5.18. The van der Waals surface area contributed by atoms with Crippen LogP contribution in [0.5, 0.6) is 0 Å². The number of rotatable bonds is 2. The van der Waals surface area contributed by atoms with E-state index < -0.39 is 0 Å². The molecule has 3 heterocycles. The molecular formula is C15H20ClN4NiS. The number of nitrogens with one attached hydrogen (secondary N) is 1. The van der Waals surface area contributed by atoms with Crippen molar-refractivity contribution >= 4 is 33.7 Å². The molecule has 2 saturated heterocycles. The molecule has 0 amide bonds. The van der Waals surface area contributed by atoms with Gasteiger partial charge in [-0.3, -0.25) is 10.4 Å². The first-order chi connectivity index (χ1) is 10.8. The first-order valence-corrected chi connectivity index (χ1v) is 9.19. The quantitative estimate of drug-likeness (QED) is 0.369. The molecular weight excluding hydrogens is 362 g/mol. The van der Waals surface area contributed by atoms with Gasteiger partial charge < -0.3 is 4.90 Å². The van der Waals surface area contributed by atoms with Crippen LogP contribution in [-0.4, -0.2) is 34.3 Å². The van der Waals surface area contributed by atoms with Crippen LogP contribution in [0.2, 0.25) is 0 Å². The van der Waals surface area contributed by atoms with Crippen LogP contribution in [0.1, 0.15) is 31.4 Å². The predicted octanol–water partition coefficient (Wildman–Crippen LogP) is 3.10. The zero-order valence-corrected chi connectivity index (χ0v) is 14.8. The van der Waals surface area contributed by atoms with Crippen LogP contribution in [0.15, 0.2) is 29.5 Å². The maximum absolute atomic E-state index is 5.46. The topological polar surface area (TPSA) is 40.5 Å². The van der Waals surface area contributed by atoms with E-state index in [1.807, 2.05) is 18.2 Å². The van der Waals surface area contributed by atoms with Crippen molar-refractivity contribution in [2.45, 2.75) is 25.7 Å². The summed E-state index contributed by atoms with van der Waals surface area (Å²) in [6, 6.07) is 5.75. The summed E-state index contributed by atoms with van der Waals surface area (Å²) >= 11 is 8.81. The summed E-state index contributed by atoms with van der Waals surface area (Å²) in [5.41, 5.74) is 3.82. The molecule has 1 N–H and O–H groups in total. The van der Waals surface area contributed by atoms with E-state index in [0.29, 0.717) is 0 Å². The van der Waals surface area contributed by atoms with Crippen LogP contribution in [0.3, 0.4) is 0 Å². The van der Waals surface area contributed by atoms with Crippen molar-refractivity contribution in [2.24, 2.45) is 16.9 Å². The van der Waals surface area contributed by atoms with Crippen molar-refractivity contribution < 1.29 is 14.6 Å². The Kier molecular flexibility index (Phi) is 7.57. The first kappa shape index (κ1) is 17.6. The zero-order chi connectivity index (χ0) is 15.8. The Labute approximate surface area is 149 Å². The number of thiocarbonyl (C=S) groups is 1. The predicted molar refractivity (Wildman–Crippen MR) is 90.4 cm³/mol. The molecule has 0 aromatic carbocycles. The minimum absolute atomic E-state index is 0.746. The third-order valence-electron chi connectivity index (χ3n) is 4.26. The van der Waals surface area contributed by atoms with Gasteiger partial charge in [-0.25, -0.2) is 0 Å². The van der Waals surface area contributed by atoms with E-state index >= 15 is 0 Å². The van der Waals surface area contributed by atoms with Gasteiger partial charge in [-0.15, -0.1) is 0 Å². The number of aromatic nitrogens is 1. The van der Waals surface area contributed by atoms with Crippen LogP contribution >= 0.6 is 22.4 Å². The Bertz CT molecular complexity index is 478. The molecule has 1 saturated carbocycles. The van der Waals surface area contributed by atoms with Crippen molar-refractivity contribution in [2.75, 3.05) is 13.1 Å². The maximum atomic E-state index is 5.46. The number of hydrogen-bond donors (Lipinski definition) is 1. The van der Waals surface area contributed by atoms with Gasteiger partial charge in [-0.2, -0.15) is 5.10 Å². The van der Waals surface area contributed by atoms with E-state index in [1.54, 1.807) is 12.4 Å². The molecule has 2 aliphatic heterocycles. The average Bonchev–Trinajstić information content (AvgIpc) is 2.91. The molecule has 3 aliphatic rings. The summed E-state index contributed by atoms with van der Waals surface area (Å²) in [6.45, 7) is 2.17. The Balaban J connectivity index is 0.000000847. The standard InChI is InChI=1S/C15H20N4S.ClH.Ni/c20-15(18-17-9-14-3-1-2-8-16-14)19-10-12-4-5-13(11-19)7-6-12;;/h1-3,8-9,12-13H,4-7,10-11H2,(H,18,20);1H;/q;;+1/p-1. The van der Waals surface area contributed by atoms with Crippen LogP contribution < -0.4 is 5.43 Å². The SMILES string of the molecule is S=C(NN=Cc1ccccn1)N1CC2CCC(CC2)C1.[Cl][Ni].